The van der Waals surface area contributed by atoms with E-state index in [1.807, 2.05) is 24.3 Å². The fourth-order valence-corrected chi connectivity index (χ4v) is 6.32. The Labute approximate surface area is 205 Å². The predicted molar refractivity (Wildman–Crippen MR) is 135 cm³/mol. The first-order valence-electron chi connectivity index (χ1n) is 11.9. The molecule has 1 fully saturated rings. The summed E-state index contributed by atoms with van der Waals surface area (Å²) in [6.07, 6.45) is 1.02. The van der Waals surface area contributed by atoms with Crippen LogP contribution in [0.1, 0.15) is 42.7 Å². The molecule has 0 aromatic heterocycles. The molecule has 34 heavy (non-hydrogen) atoms. The minimum Gasteiger partial charge on any atom is -0.508 e. The van der Waals surface area contributed by atoms with Crippen LogP contribution < -0.4 is 9.47 Å². The fraction of sp³-hybridized carbons (Fsp3) is 0.357. The molecule has 0 radical (unpaired) electrons. The Balaban J connectivity index is 1.32. The van der Waals surface area contributed by atoms with Gasteiger partial charge >= 0.3 is 0 Å². The third kappa shape index (κ3) is 4.98. The fourth-order valence-electron chi connectivity index (χ4n) is 5.00. The van der Waals surface area contributed by atoms with Gasteiger partial charge in [0.15, 0.2) is 0 Å². The van der Waals surface area contributed by atoms with Crippen LogP contribution in [-0.2, 0) is 0 Å². The van der Waals surface area contributed by atoms with Gasteiger partial charge in [-0.15, -0.1) is 11.8 Å². The summed E-state index contributed by atoms with van der Waals surface area (Å²) in [5.74, 6) is 2.80. The lowest BCUT2D eigenvalue weighted by Gasteiger charge is -2.34. The summed E-state index contributed by atoms with van der Waals surface area (Å²) in [5.41, 5.74) is 2.01. The van der Waals surface area contributed by atoms with Gasteiger partial charge in [-0.1, -0.05) is 31.2 Å². The summed E-state index contributed by atoms with van der Waals surface area (Å²) >= 11 is 1.64. The van der Waals surface area contributed by atoms with Gasteiger partial charge in [-0.05, 0) is 72.9 Å². The molecule has 4 atom stereocenters. The van der Waals surface area contributed by atoms with Crippen LogP contribution in [0.5, 0.6) is 23.0 Å². The van der Waals surface area contributed by atoms with Crippen molar-refractivity contribution in [2.45, 2.75) is 42.6 Å². The maximum Gasteiger partial charge on any atom is 0.140 e. The molecule has 0 spiro atoms. The monoisotopic (exact) mass is 477 g/mol. The van der Waals surface area contributed by atoms with E-state index < -0.39 is 0 Å². The minimum atomic E-state index is -0.246. The lowest BCUT2D eigenvalue weighted by Crippen LogP contribution is -2.31. The van der Waals surface area contributed by atoms with E-state index in [-0.39, 0.29) is 22.9 Å². The van der Waals surface area contributed by atoms with Crippen molar-refractivity contribution >= 4 is 11.8 Å². The number of benzene rings is 3. The van der Waals surface area contributed by atoms with Gasteiger partial charge in [0.1, 0.15) is 35.7 Å². The number of thioether (sulfide) groups is 1. The molecule has 2 aliphatic rings. The number of phenols is 2. The summed E-state index contributed by atoms with van der Waals surface area (Å²) in [6, 6.07) is 21.2. The van der Waals surface area contributed by atoms with Gasteiger partial charge in [-0.3, -0.25) is 4.90 Å². The number of nitrogens with zero attached hydrogens (tertiary/aromatic N) is 1. The standard InChI is InChI=1S/C28H31NO4S/c1-18-14-19(2)29(17-18)12-13-32-24-9-6-20(7-10-24)27-28(21-4-3-5-22(30)15-21)34-26-16-23(31)8-11-25(26)33-27/h3-11,15-16,18-19,27-28,30-31H,12-14,17H2,1-2H3/t18-,19+,27+,28-/m1/s1. The number of rotatable bonds is 6. The third-order valence-electron chi connectivity index (χ3n) is 6.68. The second kappa shape index (κ2) is 9.80. The first-order valence-corrected chi connectivity index (χ1v) is 12.8. The van der Waals surface area contributed by atoms with E-state index in [1.54, 1.807) is 42.1 Å². The van der Waals surface area contributed by atoms with E-state index >= 15 is 0 Å². The van der Waals surface area contributed by atoms with Crippen molar-refractivity contribution < 1.29 is 19.7 Å². The zero-order chi connectivity index (χ0) is 23.7. The van der Waals surface area contributed by atoms with Crippen molar-refractivity contribution in [2.24, 2.45) is 5.92 Å². The summed E-state index contributed by atoms with van der Waals surface area (Å²) in [6.45, 7) is 7.37. The van der Waals surface area contributed by atoms with Crippen LogP contribution in [0.3, 0.4) is 0 Å². The lowest BCUT2D eigenvalue weighted by molar-refractivity contribution is 0.190. The summed E-state index contributed by atoms with van der Waals surface area (Å²) in [5, 5.41) is 19.9. The highest BCUT2D eigenvalue weighted by molar-refractivity contribution is 7.99. The maximum absolute atomic E-state index is 10.1. The van der Waals surface area contributed by atoms with E-state index in [1.165, 1.54) is 6.42 Å². The number of likely N-dealkylation sites (tertiary alicyclic amines) is 1. The van der Waals surface area contributed by atoms with Crippen molar-refractivity contribution in [1.82, 2.24) is 4.90 Å². The van der Waals surface area contributed by atoms with Crippen LogP contribution in [0, 0.1) is 5.92 Å². The van der Waals surface area contributed by atoms with Crippen molar-refractivity contribution in [3.63, 3.8) is 0 Å². The molecule has 0 saturated carbocycles. The minimum absolute atomic E-state index is 0.0770. The zero-order valence-corrected chi connectivity index (χ0v) is 20.4. The second-order valence-corrected chi connectivity index (χ2v) is 10.6. The second-order valence-electron chi connectivity index (χ2n) is 9.41. The quantitative estimate of drug-likeness (QED) is 0.442. The van der Waals surface area contributed by atoms with Gasteiger partial charge in [-0.2, -0.15) is 0 Å². The van der Waals surface area contributed by atoms with Gasteiger partial charge < -0.3 is 19.7 Å². The molecular formula is C28H31NO4S. The van der Waals surface area contributed by atoms with Gasteiger partial charge in [-0.25, -0.2) is 0 Å². The molecule has 2 aliphatic heterocycles. The van der Waals surface area contributed by atoms with E-state index in [0.717, 1.165) is 46.5 Å². The maximum atomic E-state index is 10.1. The number of fused-ring (bicyclic) bond motifs is 1. The van der Waals surface area contributed by atoms with Gasteiger partial charge in [0.25, 0.3) is 0 Å². The first kappa shape index (κ1) is 22.9. The number of aromatic hydroxyl groups is 2. The van der Waals surface area contributed by atoms with Crippen LogP contribution in [0.15, 0.2) is 71.6 Å². The van der Waals surface area contributed by atoms with Gasteiger partial charge in [0.05, 0.1) is 10.1 Å². The Morgan fingerprint density at radius 1 is 0.971 bits per heavy atom. The number of phenolic OH excluding ortho intramolecular Hbond substituents is 2. The summed E-state index contributed by atoms with van der Waals surface area (Å²) < 4.78 is 12.5. The van der Waals surface area contributed by atoms with Crippen molar-refractivity contribution in [3.8, 4) is 23.0 Å². The molecule has 0 unspecified atom stereocenters. The van der Waals surface area contributed by atoms with Gasteiger partial charge in [0, 0.05) is 19.1 Å². The molecule has 5 rings (SSSR count). The SMILES string of the molecule is C[C@@H]1C[C@H](C)N(CCOc2ccc([C@@H]3Oc4ccc(O)cc4S[C@@H]3c3cccc(O)c3)cc2)C1. The van der Waals surface area contributed by atoms with Crippen molar-refractivity contribution in [2.75, 3.05) is 19.7 Å². The molecule has 3 aromatic carbocycles. The van der Waals surface area contributed by atoms with Crippen LogP contribution in [0.25, 0.3) is 0 Å². The predicted octanol–water partition coefficient (Wildman–Crippen LogP) is 6.17. The Morgan fingerprint density at radius 3 is 2.50 bits per heavy atom. The van der Waals surface area contributed by atoms with Crippen LogP contribution in [0.2, 0.25) is 0 Å². The highest BCUT2D eigenvalue weighted by Crippen LogP contribution is 2.54. The lowest BCUT2D eigenvalue weighted by atomic mass is 10.00. The van der Waals surface area contributed by atoms with Gasteiger partial charge in [0.2, 0.25) is 0 Å². The van der Waals surface area contributed by atoms with E-state index in [4.69, 9.17) is 9.47 Å². The van der Waals surface area contributed by atoms with E-state index in [2.05, 4.69) is 30.9 Å². The Kier molecular flexibility index (Phi) is 6.61. The highest BCUT2D eigenvalue weighted by Gasteiger charge is 2.34. The Hall–Kier alpha value is -2.83. The normalized spacial score (nSPS) is 24.4. The molecule has 2 heterocycles. The van der Waals surface area contributed by atoms with Crippen LogP contribution in [0.4, 0.5) is 0 Å². The number of hydrogen-bond donors (Lipinski definition) is 2. The number of hydrogen-bond acceptors (Lipinski definition) is 6. The molecule has 3 aromatic rings. The molecule has 1 saturated heterocycles. The molecule has 0 bridgehead atoms. The molecule has 0 amide bonds. The van der Waals surface area contributed by atoms with E-state index in [9.17, 15) is 10.2 Å². The average Bonchev–Trinajstić information content (AvgIpc) is 3.15. The zero-order valence-electron chi connectivity index (χ0n) is 19.6. The highest BCUT2D eigenvalue weighted by atomic mass is 32.2. The topological polar surface area (TPSA) is 62.2 Å². The molecule has 5 nitrogen and oxygen atoms in total. The first-order chi connectivity index (χ1) is 16.5. The van der Waals surface area contributed by atoms with Crippen molar-refractivity contribution in [1.29, 1.82) is 0 Å². The third-order valence-corrected chi connectivity index (χ3v) is 8.02. The Morgan fingerprint density at radius 2 is 1.76 bits per heavy atom. The Bertz CT molecular complexity index is 1140. The molecule has 2 N–H and O–H groups in total. The molecule has 6 heteroatoms. The average molecular weight is 478 g/mol. The van der Waals surface area contributed by atoms with Crippen molar-refractivity contribution in [3.05, 3.63) is 77.9 Å². The largest absolute Gasteiger partial charge is 0.508 e. The molecule has 0 aliphatic carbocycles. The number of ether oxygens (including phenoxy) is 2. The molecule has 178 valence electrons. The summed E-state index contributed by atoms with van der Waals surface area (Å²) in [7, 11) is 0. The van der Waals surface area contributed by atoms with Crippen LogP contribution in [-0.4, -0.2) is 40.9 Å². The smallest absolute Gasteiger partial charge is 0.140 e. The van der Waals surface area contributed by atoms with E-state index in [0.29, 0.717) is 12.6 Å². The van der Waals surface area contributed by atoms with Crippen LogP contribution >= 0.6 is 11.8 Å². The summed E-state index contributed by atoms with van der Waals surface area (Å²) in [4.78, 5) is 3.39. The molecular weight excluding hydrogens is 446 g/mol.